The van der Waals surface area contributed by atoms with Crippen molar-refractivity contribution in [1.82, 2.24) is 0 Å². The molecule has 0 radical (unpaired) electrons. The third-order valence-electron chi connectivity index (χ3n) is 4.20. The van der Waals surface area contributed by atoms with E-state index in [1.807, 2.05) is 19.1 Å². The molecule has 0 saturated carbocycles. The van der Waals surface area contributed by atoms with Crippen LogP contribution in [-0.4, -0.2) is 19.6 Å². The second kappa shape index (κ2) is 6.47. The number of hydrogen-bond donors (Lipinski definition) is 1. The van der Waals surface area contributed by atoms with Crippen LogP contribution < -0.4 is 14.8 Å². The Labute approximate surface area is 138 Å². The van der Waals surface area contributed by atoms with E-state index in [0.29, 0.717) is 12.2 Å². The molecule has 1 aliphatic rings. The van der Waals surface area contributed by atoms with Crippen LogP contribution in [0.15, 0.2) is 36.4 Å². The highest BCUT2D eigenvalue weighted by molar-refractivity contribution is 5.96. The monoisotopic (exact) mass is 333 g/mol. The third kappa shape index (κ3) is 3.04. The molecule has 0 aliphatic carbocycles. The maximum Gasteiger partial charge on any atom is 0.387 e. The number of ether oxygens (including phenoxy) is 2. The van der Waals surface area contributed by atoms with Gasteiger partial charge in [0.05, 0.1) is 12.8 Å². The summed E-state index contributed by atoms with van der Waals surface area (Å²) in [5, 5.41) is 2.90. The SMILES string of the molecule is COc1ccc2c(c1C)NC(=O)CC2c1ccc(OC(F)F)cc1. The summed E-state index contributed by atoms with van der Waals surface area (Å²) < 4.78 is 34.2. The number of hydrogen-bond acceptors (Lipinski definition) is 3. The minimum atomic E-state index is -2.85. The van der Waals surface area contributed by atoms with E-state index in [0.717, 1.165) is 22.4 Å². The maximum atomic E-state index is 12.3. The fourth-order valence-electron chi connectivity index (χ4n) is 3.06. The van der Waals surface area contributed by atoms with Crippen molar-refractivity contribution in [1.29, 1.82) is 0 Å². The van der Waals surface area contributed by atoms with Gasteiger partial charge in [-0.1, -0.05) is 18.2 Å². The Morgan fingerprint density at radius 2 is 1.88 bits per heavy atom. The van der Waals surface area contributed by atoms with Gasteiger partial charge in [-0.3, -0.25) is 4.79 Å². The molecule has 6 heteroatoms. The van der Waals surface area contributed by atoms with Crippen molar-refractivity contribution in [2.75, 3.05) is 12.4 Å². The van der Waals surface area contributed by atoms with Gasteiger partial charge in [0.2, 0.25) is 5.91 Å². The molecule has 1 N–H and O–H groups in total. The van der Waals surface area contributed by atoms with Gasteiger partial charge in [0.25, 0.3) is 0 Å². The van der Waals surface area contributed by atoms with Gasteiger partial charge in [0.15, 0.2) is 0 Å². The molecule has 1 atom stereocenters. The summed E-state index contributed by atoms with van der Waals surface area (Å²) in [5.41, 5.74) is 3.47. The summed E-state index contributed by atoms with van der Waals surface area (Å²) in [6.07, 6.45) is 0.299. The Morgan fingerprint density at radius 3 is 2.50 bits per heavy atom. The van der Waals surface area contributed by atoms with Crippen molar-refractivity contribution < 1.29 is 23.0 Å². The van der Waals surface area contributed by atoms with E-state index in [2.05, 4.69) is 10.1 Å². The lowest BCUT2D eigenvalue weighted by Crippen LogP contribution is -2.24. The number of amides is 1. The van der Waals surface area contributed by atoms with E-state index in [9.17, 15) is 13.6 Å². The Bertz CT molecular complexity index is 760. The van der Waals surface area contributed by atoms with Crippen LogP contribution >= 0.6 is 0 Å². The van der Waals surface area contributed by atoms with Crippen molar-refractivity contribution in [3.63, 3.8) is 0 Å². The van der Waals surface area contributed by atoms with Crippen LogP contribution in [0.2, 0.25) is 0 Å². The normalized spacial score (nSPS) is 16.5. The maximum absolute atomic E-state index is 12.3. The second-order valence-electron chi connectivity index (χ2n) is 5.61. The van der Waals surface area contributed by atoms with E-state index < -0.39 is 6.61 Å². The third-order valence-corrected chi connectivity index (χ3v) is 4.20. The number of halogens is 2. The number of benzene rings is 2. The van der Waals surface area contributed by atoms with Gasteiger partial charge in [-0.15, -0.1) is 0 Å². The van der Waals surface area contributed by atoms with Gasteiger partial charge in [-0.2, -0.15) is 8.78 Å². The minimum Gasteiger partial charge on any atom is -0.496 e. The number of carbonyl (C=O) groups is 1. The van der Waals surface area contributed by atoms with E-state index in [1.165, 1.54) is 12.1 Å². The first-order chi connectivity index (χ1) is 11.5. The lowest BCUT2D eigenvalue weighted by molar-refractivity contribution is -0.116. The predicted molar refractivity (Wildman–Crippen MR) is 85.9 cm³/mol. The van der Waals surface area contributed by atoms with Crippen molar-refractivity contribution in [3.05, 3.63) is 53.1 Å². The Balaban J connectivity index is 1.98. The van der Waals surface area contributed by atoms with Crippen LogP contribution in [0, 0.1) is 6.92 Å². The molecule has 0 saturated heterocycles. The Hall–Kier alpha value is -2.63. The minimum absolute atomic E-state index is 0.0863. The molecular weight excluding hydrogens is 316 g/mol. The fourth-order valence-corrected chi connectivity index (χ4v) is 3.06. The first kappa shape index (κ1) is 16.2. The highest BCUT2D eigenvalue weighted by Gasteiger charge is 2.28. The highest BCUT2D eigenvalue weighted by atomic mass is 19.3. The smallest absolute Gasteiger partial charge is 0.387 e. The van der Waals surface area contributed by atoms with E-state index in [-0.39, 0.29) is 17.6 Å². The number of nitrogens with one attached hydrogen (secondary N) is 1. The summed E-state index contributed by atoms with van der Waals surface area (Å²) in [5.74, 6) is 0.575. The molecule has 2 aromatic carbocycles. The summed E-state index contributed by atoms with van der Waals surface area (Å²) in [4.78, 5) is 12.1. The van der Waals surface area contributed by atoms with Crippen LogP contribution in [0.25, 0.3) is 0 Å². The summed E-state index contributed by atoms with van der Waals surface area (Å²) >= 11 is 0. The summed E-state index contributed by atoms with van der Waals surface area (Å²) in [6, 6.07) is 10.2. The van der Waals surface area contributed by atoms with Gasteiger partial charge < -0.3 is 14.8 Å². The van der Waals surface area contributed by atoms with E-state index in [1.54, 1.807) is 19.2 Å². The standard InChI is InChI=1S/C18H17F2NO3/c1-10-15(23-2)8-7-13-14(9-16(22)21-17(10)13)11-3-5-12(6-4-11)24-18(19)20/h3-8,14,18H,9H2,1-2H3,(H,21,22). The molecule has 2 aromatic rings. The number of alkyl halides is 2. The number of anilines is 1. The molecule has 24 heavy (non-hydrogen) atoms. The molecule has 4 nitrogen and oxygen atoms in total. The van der Waals surface area contributed by atoms with Crippen LogP contribution in [0.4, 0.5) is 14.5 Å². The second-order valence-corrected chi connectivity index (χ2v) is 5.61. The molecule has 0 aromatic heterocycles. The number of carbonyl (C=O) groups excluding carboxylic acids is 1. The molecular formula is C18H17F2NO3. The van der Waals surface area contributed by atoms with Gasteiger partial charge in [-0.05, 0) is 36.2 Å². The van der Waals surface area contributed by atoms with Crippen LogP contribution in [0.1, 0.15) is 29.0 Å². The molecule has 0 spiro atoms. The first-order valence-corrected chi connectivity index (χ1v) is 7.51. The van der Waals surface area contributed by atoms with Crippen LogP contribution in [-0.2, 0) is 4.79 Å². The van der Waals surface area contributed by atoms with Gasteiger partial charge in [0, 0.05) is 17.9 Å². The molecule has 1 heterocycles. The predicted octanol–water partition coefficient (Wildman–Crippen LogP) is 4.08. The van der Waals surface area contributed by atoms with Crippen molar-refractivity contribution in [2.24, 2.45) is 0 Å². The molecule has 3 rings (SSSR count). The molecule has 1 amide bonds. The van der Waals surface area contributed by atoms with Crippen molar-refractivity contribution >= 4 is 11.6 Å². The lowest BCUT2D eigenvalue weighted by Gasteiger charge is -2.28. The lowest BCUT2D eigenvalue weighted by atomic mass is 9.83. The van der Waals surface area contributed by atoms with Gasteiger partial charge in [0.1, 0.15) is 11.5 Å². The summed E-state index contributed by atoms with van der Waals surface area (Å²) in [7, 11) is 1.58. The van der Waals surface area contributed by atoms with Gasteiger partial charge in [-0.25, -0.2) is 0 Å². The average Bonchev–Trinajstić information content (AvgIpc) is 2.55. The van der Waals surface area contributed by atoms with Crippen LogP contribution in [0.5, 0.6) is 11.5 Å². The highest BCUT2D eigenvalue weighted by Crippen LogP contribution is 2.41. The first-order valence-electron chi connectivity index (χ1n) is 7.51. The fraction of sp³-hybridized carbons (Fsp3) is 0.278. The number of fused-ring (bicyclic) bond motifs is 1. The Kier molecular flexibility index (Phi) is 4.38. The largest absolute Gasteiger partial charge is 0.496 e. The molecule has 0 bridgehead atoms. The molecule has 1 aliphatic heterocycles. The van der Waals surface area contributed by atoms with Crippen LogP contribution in [0.3, 0.4) is 0 Å². The van der Waals surface area contributed by atoms with Gasteiger partial charge >= 0.3 is 6.61 Å². The van der Waals surface area contributed by atoms with E-state index in [4.69, 9.17) is 4.74 Å². The average molecular weight is 333 g/mol. The topological polar surface area (TPSA) is 47.6 Å². The number of methoxy groups -OCH3 is 1. The number of rotatable bonds is 4. The zero-order valence-corrected chi connectivity index (χ0v) is 13.3. The van der Waals surface area contributed by atoms with Crippen molar-refractivity contribution in [3.8, 4) is 11.5 Å². The molecule has 126 valence electrons. The zero-order chi connectivity index (χ0) is 17.3. The summed E-state index contributed by atoms with van der Waals surface area (Å²) in [6.45, 7) is -0.966. The molecule has 0 fully saturated rings. The quantitative estimate of drug-likeness (QED) is 0.917. The zero-order valence-electron chi connectivity index (χ0n) is 13.3. The van der Waals surface area contributed by atoms with E-state index >= 15 is 0 Å². The molecule has 1 unspecified atom stereocenters. The Morgan fingerprint density at radius 1 is 1.17 bits per heavy atom. The van der Waals surface area contributed by atoms with Crippen molar-refractivity contribution in [2.45, 2.75) is 25.9 Å².